The summed E-state index contributed by atoms with van der Waals surface area (Å²) < 4.78 is 24.4. The van der Waals surface area contributed by atoms with E-state index in [1.54, 1.807) is 31.3 Å². The normalized spacial score (nSPS) is 15.3. The van der Waals surface area contributed by atoms with Crippen LogP contribution in [0.4, 0.5) is 4.79 Å². The van der Waals surface area contributed by atoms with E-state index < -0.39 is 24.3 Å². The summed E-state index contributed by atoms with van der Waals surface area (Å²) in [5.74, 6) is 0.948. The second kappa shape index (κ2) is 16.3. The van der Waals surface area contributed by atoms with Crippen LogP contribution in [-0.2, 0) is 16.1 Å². The molecule has 238 valence electrons. The van der Waals surface area contributed by atoms with E-state index in [1.165, 1.54) is 7.11 Å². The third kappa shape index (κ3) is 9.37. The van der Waals surface area contributed by atoms with E-state index in [-0.39, 0.29) is 12.2 Å². The van der Waals surface area contributed by atoms with Crippen molar-refractivity contribution in [1.29, 1.82) is 0 Å². The summed E-state index contributed by atoms with van der Waals surface area (Å²) in [7, 11) is 1.28. The number of nitrogens with one attached hydrogen (secondary N) is 3. The first kappa shape index (κ1) is 34.6. The summed E-state index contributed by atoms with van der Waals surface area (Å²) in [5, 5.41) is 20.6. The monoisotopic (exact) mass is 860 g/mol. The second-order valence-electron chi connectivity index (χ2n) is 9.64. The molecular formula is C31H31ClI2N4O7. The largest absolute Gasteiger partial charge is 0.490 e. The van der Waals surface area contributed by atoms with Crippen molar-refractivity contribution in [3.05, 3.63) is 94.7 Å². The van der Waals surface area contributed by atoms with Gasteiger partial charge in [0.1, 0.15) is 19.0 Å². The molecule has 45 heavy (non-hydrogen) atoms. The van der Waals surface area contributed by atoms with Crippen LogP contribution in [0.1, 0.15) is 36.6 Å². The van der Waals surface area contributed by atoms with Gasteiger partial charge >= 0.3 is 12.0 Å². The van der Waals surface area contributed by atoms with Gasteiger partial charge in [0.2, 0.25) is 0 Å². The zero-order valence-corrected chi connectivity index (χ0v) is 29.6. The van der Waals surface area contributed by atoms with Crippen LogP contribution in [0.2, 0.25) is 5.02 Å². The second-order valence-corrected chi connectivity index (χ2v) is 12.4. The Kier molecular flexibility index (Phi) is 12.6. The summed E-state index contributed by atoms with van der Waals surface area (Å²) >= 11 is 10.4. The molecule has 4 rings (SSSR count). The van der Waals surface area contributed by atoms with E-state index in [0.29, 0.717) is 41.0 Å². The Morgan fingerprint density at radius 1 is 1.09 bits per heavy atom. The molecule has 14 heteroatoms. The maximum absolute atomic E-state index is 12.4. The van der Waals surface area contributed by atoms with Crippen LogP contribution in [0, 0.1) is 7.14 Å². The van der Waals surface area contributed by atoms with Crippen LogP contribution in [0.25, 0.3) is 0 Å². The highest BCUT2D eigenvalue weighted by Crippen LogP contribution is 2.35. The molecular weight excluding hydrogens is 830 g/mol. The summed E-state index contributed by atoms with van der Waals surface area (Å²) in [4.78, 5) is 24.6. The number of allylic oxidation sites excluding steroid dienone is 1. The van der Waals surface area contributed by atoms with Crippen LogP contribution in [-0.4, -0.2) is 49.9 Å². The maximum Gasteiger partial charge on any atom is 0.337 e. The number of carbonyl (C=O) groups excluding carboxylic acids is 2. The number of hydrazone groups is 1. The van der Waals surface area contributed by atoms with E-state index in [0.717, 1.165) is 24.0 Å². The average molecular weight is 861 g/mol. The standard InChI is InChI=1S/C31H31ClI2N4O7/c1-4-43-25-13-20(28-27(30(40)42-3)17(2)36-31(41)37-28)7-10-24(25)44-16-26(39)38-35-14-19-11-22(33)29(23(34)12-19)45-15-18-5-8-21(32)9-6-18/h5-14,26,28,38-39H,4,15-16H2,1-3H3,(H2,36,37,41)/b35-14-/t26-,28+/m1/s1. The van der Waals surface area contributed by atoms with E-state index >= 15 is 0 Å². The molecule has 0 unspecified atom stereocenters. The minimum absolute atomic E-state index is 0.139. The minimum Gasteiger partial charge on any atom is -0.490 e. The van der Waals surface area contributed by atoms with Crippen molar-refractivity contribution in [3.63, 3.8) is 0 Å². The number of hydrogen-bond donors (Lipinski definition) is 4. The highest BCUT2D eigenvalue weighted by Gasteiger charge is 2.32. The van der Waals surface area contributed by atoms with E-state index in [1.807, 2.05) is 43.3 Å². The summed E-state index contributed by atoms with van der Waals surface area (Å²) in [6, 6.07) is 15.2. The van der Waals surface area contributed by atoms with Crippen LogP contribution < -0.4 is 30.3 Å². The molecule has 0 aliphatic carbocycles. The minimum atomic E-state index is -1.13. The quantitative estimate of drug-likeness (QED) is 0.0570. The van der Waals surface area contributed by atoms with Crippen LogP contribution >= 0.6 is 56.8 Å². The lowest BCUT2D eigenvalue weighted by molar-refractivity contribution is -0.136. The van der Waals surface area contributed by atoms with Gasteiger partial charge in [-0.25, -0.2) is 9.59 Å². The van der Waals surface area contributed by atoms with E-state index in [4.69, 9.17) is 30.5 Å². The number of rotatable bonds is 13. The smallest absolute Gasteiger partial charge is 0.337 e. The Balaban J connectivity index is 1.37. The Morgan fingerprint density at radius 2 is 1.80 bits per heavy atom. The first-order chi connectivity index (χ1) is 21.6. The van der Waals surface area contributed by atoms with Gasteiger partial charge in [-0.2, -0.15) is 5.10 Å². The van der Waals surface area contributed by atoms with Gasteiger partial charge in [0.05, 0.1) is 38.7 Å². The molecule has 0 fully saturated rings. The molecule has 2 amide bonds. The van der Waals surface area contributed by atoms with Crippen molar-refractivity contribution < 1.29 is 33.6 Å². The highest BCUT2D eigenvalue weighted by molar-refractivity contribution is 14.1. The molecule has 1 heterocycles. The molecule has 3 aromatic carbocycles. The number of carbonyl (C=O) groups is 2. The number of methoxy groups -OCH3 is 1. The van der Waals surface area contributed by atoms with E-state index in [9.17, 15) is 14.7 Å². The molecule has 4 N–H and O–H groups in total. The Morgan fingerprint density at radius 3 is 2.47 bits per heavy atom. The van der Waals surface area contributed by atoms with E-state index in [2.05, 4.69) is 66.3 Å². The molecule has 0 bridgehead atoms. The average Bonchev–Trinajstić information content (AvgIpc) is 3.00. The lowest BCUT2D eigenvalue weighted by Gasteiger charge is -2.28. The topological polar surface area (TPSA) is 140 Å². The van der Waals surface area contributed by atoms with Gasteiger partial charge in [0.15, 0.2) is 17.7 Å². The third-order valence-corrected chi connectivity index (χ3v) is 8.28. The number of hydrogen-bond acceptors (Lipinski definition) is 9. The van der Waals surface area contributed by atoms with Crippen LogP contribution in [0.3, 0.4) is 0 Å². The fourth-order valence-corrected chi connectivity index (χ4v) is 6.60. The molecule has 0 radical (unpaired) electrons. The van der Waals surface area contributed by atoms with Crippen molar-refractivity contribution in [2.75, 3.05) is 20.3 Å². The first-order valence-electron chi connectivity index (χ1n) is 13.7. The zero-order valence-electron chi connectivity index (χ0n) is 24.5. The van der Waals surface area contributed by atoms with Crippen molar-refractivity contribution in [3.8, 4) is 17.2 Å². The predicted molar refractivity (Wildman–Crippen MR) is 187 cm³/mol. The molecule has 1 aliphatic rings. The molecule has 1 aliphatic heterocycles. The summed E-state index contributed by atoms with van der Waals surface area (Å²) in [6.45, 7) is 4.06. The SMILES string of the molecule is CCOc1cc([C@@H]2NC(=O)NC(C)=C2C(=O)OC)ccc1OC[C@@H](O)N/N=C\c1cc(I)c(OCc2ccc(Cl)cc2)c(I)c1. The fraction of sp³-hybridized carbons (Fsp3) is 0.258. The lowest BCUT2D eigenvalue weighted by Crippen LogP contribution is -2.45. The first-order valence-corrected chi connectivity index (χ1v) is 16.2. The van der Waals surface area contributed by atoms with Gasteiger partial charge in [-0.15, -0.1) is 0 Å². The Labute approximate surface area is 293 Å². The zero-order chi connectivity index (χ0) is 32.5. The number of ether oxygens (including phenoxy) is 4. The molecule has 3 aromatic rings. The Bertz CT molecular complexity index is 1580. The maximum atomic E-state index is 12.4. The predicted octanol–water partition coefficient (Wildman–Crippen LogP) is 5.65. The number of amides is 2. The molecule has 0 spiro atoms. The highest BCUT2D eigenvalue weighted by atomic mass is 127. The summed E-state index contributed by atoms with van der Waals surface area (Å²) in [5.41, 5.74) is 5.74. The summed E-state index contributed by atoms with van der Waals surface area (Å²) in [6.07, 6.45) is 0.467. The number of benzene rings is 3. The Hall–Kier alpha value is -3.28. The van der Waals surface area contributed by atoms with Crippen LogP contribution in [0.15, 0.2) is 71.0 Å². The van der Waals surface area contributed by atoms with Gasteiger partial charge in [-0.05, 0) is 112 Å². The van der Waals surface area contributed by atoms with Crippen molar-refractivity contribution in [1.82, 2.24) is 16.1 Å². The number of halogens is 3. The van der Waals surface area contributed by atoms with Gasteiger partial charge in [0.25, 0.3) is 0 Å². The van der Waals surface area contributed by atoms with Crippen molar-refractivity contribution >= 4 is 75.0 Å². The van der Waals surface area contributed by atoms with Crippen LogP contribution in [0.5, 0.6) is 17.2 Å². The van der Waals surface area contributed by atoms with Crippen molar-refractivity contribution in [2.45, 2.75) is 32.7 Å². The molecule has 11 nitrogen and oxygen atoms in total. The molecule has 0 saturated carbocycles. The van der Waals surface area contributed by atoms with Crippen molar-refractivity contribution in [2.24, 2.45) is 5.10 Å². The molecule has 0 aromatic heterocycles. The van der Waals surface area contributed by atoms with Gasteiger partial charge < -0.3 is 34.7 Å². The van der Waals surface area contributed by atoms with Gasteiger partial charge in [-0.3, -0.25) is 5.43 Å². The third-order valence-electron chi connectivity index (χ3n) is 6.43. The number of aliphatic hydroxyl groups excluding tert-OH is 1. The lowest BCUT2D eigenvalue weighted by atomic mass is 9.95. The number of aliphatic hydroxyl groups is 1. The van der Waals surface area contributed by atoms with Gasteiger partial charge in [0, 0.05) is 10.7 Å². The fourth-order valence-electron chi connectivity index (χ4n) is 4.35. The molecule has 2 atom stereocenters. The number of urea groups is 1. The molecule has 0 saturated heterocycles. The van der Waals surface area contributed by atoms with Gasteiger partial charge in [-0.1, -0.05) is 29.8 Å². The number of nitrogens with zero attached hydrogens (tertiary/aromatic N) is 1. The number of esters is 1.